The van der Waals surface area contributed by atoms with E-state index in [4.69, 9.17) is 5.73 Å². The Balaban J connectivity index is 3.01. The Kier molecular flexibility index (Phi) is 3.92. The number of halogens is 2. The fourth-order valence-corrected chi connectivity index (χ4v) is 1.37. The predicted molar refractivity (Wildman–Crippen MR) is 52.7 cm³/mol. The van der Waals surface area contributed by atoms with Crippen LogP contribution in [0.3, 0.4) is 0 Å². The fourth-order valence-electron chi connectivity index (χ4n) is 1.37. The summed E-state index contributed by atoms with van der Waals surface area (Å²) in [7, 11) is 0. The highest BCUT2D eigenvalue weighted by Crippen LogP contribution is 2.22. The molecule has 0 aliphatic heterocycles. The Bertz CT molecular complexity index is 376. The predicted octanol–water partition coefficient (Wildman–Crippen LogP) is 0.899. The fraction of sp³-hybridized carbons (Fsp3) is 0.667. The molecular formula is C9H14F2N4O. The van der Waals surface area contributed by atoms with Gasteiger partial charge in [-0.2, -0.15) is 0 Å². The van der Waals surface area contributed by atoms with Crippen molar-refractivity contribution >= 4 is 5.91 Å². The maximum atomic E-state index is 12.8. The van der Waals surface area contributed by atoms with Gasteiger partial charge in [0.05, 0.1) is 6.42 Å². The highest BCUT2D eigenvalue weighted by atomic mass is 19.3. The first-order valence-electron chi connectivity index (χ1n) is 4.90. The lowest BCUT2D eigenvalue weighted by atomic mass is 10.2. The summed E-state index contributed by atoms with van der Waals surface area (Å²) >= 11 is 0. The van der Waals surface area contributed by atoms with Crippen LogP contribution in [-0.2, 0) is 17.8 Å². The zero-order valence-corrected chi connectivity index (χ0v) is 9.15. The van der Waals surface area contributed by atoms with Crippen LogP contribution in [0.5, 0.6) is 0 Å². The number of hydrogen-bond donors (Lipinski definition) is 1. The third-order valence-electron chi connectivity index (χ3n) is 1.93. The number of amides is 1. The lowest BCUT2D eigenvalue weighted by Crippen LogP contribution is -2.16. The Labute approximate surface area is 91.6 Å². The van der Waals surface area contributed by atoms with Crippen LogP contribution in [-0.4, -0.2) is 20.9 Å². The van der Waals surface area contributed by atoms with Crippen LogP contribution >= 0.6 is 0 Å². The normalized spacial score (nSPS) is 11.4. The summed E-state index contributed by atoms with van der Waals surface area (Å²) in [5.41, 5.74) is 4.59. The molecule has 0 saturated heterocycles. The first kappa shape index (κ1) is 12.5. The molecule has 0 aliphatic carbocycles. The highest BCUT2D eigenvalue weighted by molar-refractivity contribution is 5.76. The lowest BCUT2D eigenvalue weighted by molar-refractivity contribution is -0.117. The van der Waals surface area contributed by atoms with Crippen molar-refractivity contribution in [3.8, 4) is 0 Å². The van der Waals surface area contributed by atoms with Crippen molar-refractivity contribution in [1.29, 1.82) is 0 Å². The second-order valence-corrected chi connectivity index (χ2v) is 3.94. The minimum absolute atomic E-state index is 0.0387. The first-order chi connectivity index (χ1) is 7.41. The molecule has 2 N–H and O–H groups in total. The summed E-state index contributed by atoms with van der Waals surface area (Å²) < 4.78 is 26.7. The van der Waals surface area contributed by atoms with E-state index in [1.165, 1.54) is 0 Å². The molecular weight excluding hydrogens is 218 g/mol. The van der Waals surface area contributed by atoms with Gasteiger partial charge in [0.2, 0.25) is 5.91 Å². The molecule has 0 fully saturated rings. The highest BCUT2D eigenvalue weighted by Gasteiger charge is 2.22. The molecule has 1 amide bonds. The third kappa shape index (κ3) is 2.98. The number of rotatable bonds is 5. The maximum Gasteiger partial charge on any atom is 0.281 e. The van der Waals surface area contributed by atoms with Crippen LogP contribution < -0.4 is 5.73 Å². The summed E-state index contributed by atoms with van der Waals surface area (Å²) in [6.07, 6.45) is -3.01. The molecule has 0 atom stereocenters. The molecule has 0 bridgehead atoms. The number of aromatic nitrogens is 3. The van der Waals surface area contributed by atoms with Crippen molar-refractivity contribution in [1.82, 2.24) is 15.0 Å². The van der Waals surface area contributed by atoms with Gasteiger partial charge in [0.25, 0.3) is 6.43 Å². The van der Waals surface area contributed by atoms with E-state index in [9.17, 15) is 13.6 Å². The Morgan fingerprint density at radius 3 is 2.56 bits per heavy atom. The summed E-state index contributed by atoms with van der Waals surface area (Å²) in [6.45, 7) is 4.10. The standard InChI is InChI=1S/C9H14F2N4O/c1-5(2)4-15-8(9(10)11)6(13-14-15)3-7(12)16/h5,9H,3-4H2,1-2H3,(H2,12,16). The number of alkyl halides is 2. The molecule has 1 heterocycles. The second kappa shape index (κ2) is 5.00. The van der Waals surface area contributed by atoms with E-state index in [1.807, 2.05) is 13.8 Å². The van der Waals surface area contributed by atoms with E-state index in [-0.39, 0.29) is 23.7 Å². The molecule has 0 aromatic carbocycles. The van der Waals surface area contributed by atoms with Crippen molar-refractivity contribution in [2.45, 2.75) is 33.2 Å². The molecule has 5 nitrogen and oxygen atoms in total. The molecule has 1 rings (SSSR count). The van der Waals surface area contributed by atoms with Crippen LogP contribution in [0, 0.1) is 5.92 Å². The second-order valence-electron chi connectivity index (χ2n) is 3.94. The smallest absolute Gasteiger partial charge is 0.281 e. The number of carbonyl (C=O) groups excluding carboxylic acids is 1. The topological polar surface area (TPSA) is 73.8 Å². The van der Waals surface area contributed by atoms with Crippen molar-refractivity contribution in [2.24, 2.45) is 11.7 Å². The van der Waals surface area contributed by atoms with Crippen molar-refractivity contribution < 1.29 is 13.6 Å². The van der Waals surface area contributed by atoms with Crippen LogP contribution in [0.25, 0.3) is 0 Å². The average molecular weight is 232 g/mol. The van der Waals surface area contributed by atoms with E-state index in [0.717, 1.165) is 4.68 Å². The zero-order chi connectivity index (χ0) is 12.3. The van der Waals surface area contributed by atoms with Crippen molar-refractivity contribution in [2.75, 3.05) is 0 Å². The molecule has 0 spiro atoms. The third-order valence-corrected chi connectivity index (χ3v) is 1.93. The van der Waals surface area contributed by atoms with Crippen LogP contribution in [0.4, 0.5) is 8.78 Å². The summed E-state index contributed by atoms with van der Waals surface area (Å²) in [4.78, 5) is 10.7. The van der Waals surface area contributed by atoms with Gasteiger partial charge in [-0.05, 0) is 5.92 Å². The van der Waals surface area contributed by atoms with E-state index in [0.29, 0.717) is 6.54 Å². The molecule has 0 unspecified atom stereocenters. The van der Waals surface area contributed by atoms with Gasteiger partial charge in [0.15, 0.2) is 0 Å². The van der Waals surface area contributed by atoms with Gasteiger partial charge in [0, 0.05) is 6.54 Å². The minimum atomic E-state index is -2.71. The summed E-state index contributed by atoms with van der Waals surface area (Å²) in [6, 6.07) is 0. The van der Waals surface area contributed by atoms with Crippen molar-refractivity contribution in [3.05, 3.63) is 11.4 Å². The van der Waals surface area contributed by atoms with Gasteiger partial charge in [0.1, 0.15) is 11.4 Å². The SMILES string of the molecule is CC(C)Cn1nnc(CC(N)=O)c1C(F)F. The molecule has 16 heavy (non-hydrogen) atoms. The molecule has 7 heteroatoms. The molecule has 1 aromatic heterocycles. The maximum absolute atomic E-state index is 12.8. The summed E-state index contributed by atoms with van der Waals surface area (Å²) in [5, 5.41) is 7.17. The van der Waals surface area contributed by atoms with Gasteiger partial charge in [-0.3, -0.25) is 4.79 Å². The van der Waals surface area contributed by atoms with E-state index < -0.39 is 12.3 Å². The molecule has 90 valence electrons. The Morgan fingerprint density at radius 1 is 1.50 bits per heavy atom. The largest absolute Gasteiger partial charge is 0.369 e. The van der Waals surface area contributed by atoms with Gasteiger partial charge in [-0.15, -0.1) is 5.10 Å². The van der Waals surface area contributed by atoms with Crippen LogP contribution in [0.1, 0.15) is 31.7 Å². The molecule has 0 radical (unpaired) electrons. The quantitative estimate of drug-likeness (QED) is 0.819. The first-order valence-corrected chi connectivity index (χ1v) is 4.90. The van der Waals surface area contributed by atoms with Gasteiger partial charge >= 0.3 is 0 Å². The molecule has 1 aromatic rings. The van der Waals surface area contributed by atoms with Crippen LogP contribution in [0.2, 0.25) is 0 Å². The number of hydrogen-bond acceptors (Lipinski definition) is 3. The lowest BCUT2D eigenvalue weighted by Gasteiger charge is -2.08. The average Bonchev–Trinajstić information content (AvgIpc) is 2.45. The molecule has 0 saturated carbocycles. The van der Waals surface area contributed by atoms with Gasteiger partial charge < -0.3 is 5.73 Å². The van der Waals surface area contributed by atoms with Gasteiger partial charge in [-0.1, -0.05) is 19.1 Å². The van der Waals surface area contributed by atoms with E-state index in [1.54, 1.807) is 0 Å². The van der Waals surface area contributed by atoms with Crippen molar-refractivity contribution in [3.63, 3.8) is 0 Å². The Hall–Kier alpha value is -1.53. The van der Waals surface area contributed by atoms with E-state index in [2.05, 4.69) is 10.3 Å². The monoisotopic (exact) mass is 232 g/mol. The number of nitrogens with zero attached hydrogens (tertiary/aromatic N) is 3. The number of carbonyl (C=O) groups is 1. The minimum Gasteiger partial charge on any atom is -0.369 e. The van der Waals surface area contributed by atoms with Crippen LogP contribution in [0.15, 0.2) is 0 Å². The molecule has 0 aliphatic rings. The zero-order valence-electron chi connectivity index (χ0n) is 9.15. The van der Waals surface area contributed by atoms with Gasteiger partial charge in [-0.25, -0.2) is 13.5 Å². The number of primary amides is 1. The summed E-state index contributed by atoms with van der Waals surface area (Å²) in [5.74, 6) is -0.529. The Morgan fingerprint density at radius 2 is 2.12 bits per heavy atom. The number of nitrogens with two attached hydrogens (primary N) is 1. The van der Waals surface area contributed by atoms with E-state index >= 15 is 0 Å².